The number of hydrogen-bond acceptors (Lipinski definition) is 5. The Morgan fingerprint density at radius 2 is 1.86 bits per heavy atom. The van der Waals surface area contributed by atoms with E-state index in [-0.39, 0.29) is 16.9 Å². The van der Waals surface area contributed by atoms with Crippen LogP contribution in [-0.4, -0.2) is 46.8 Å². The van der Waals surface area contributed by atoms with Gasteiger partial charge in [-0.15, -0.1) is 0 Å². The van der Waals surface area contributed by atoms with Crippen LogP contribution in [0, 0.1) is 13.8 Å². The smallest absolute Gasteiger partial charge is 0.262 e. The maximum atomic E-state index is 12.7. The van der Waals surface area contributed by atoms with Crippen molar-refractivity contribution in [2.75, 3.05) is 31.1 Å². The van der Waals surface area contributed by atoms with E-state index in [4.69, 9.17) is 9.47 Å². The highest BCUT2D eigenvalue weighted by Crippen LogP contribution is 2.21. The molecule has 7 nitrogen and oxygen atoms in total. The van der Waals surface area contributed by atoms with Gasteiger partial charge in [0, 0.05) is 17.8 Å². The van der Waals surface area contributed by atoms with Crippen molar-refractivity contribution in [2.45, 2.75) is 24.8 Å². The zero-order chi connectivity index (χ0) is 20.1. The summed E-state index contributed by atoms with van der Waals surface area (Å²) in [6, 6.07) is 11.6. The van der Waals surface area contributed by atoms with E-state index in [1.165, 1.54) is 0 Å². The van der Waals surface area contributed by atoms with Crippen LogP contribution >= 0.6 is 0 Å². The molecule has 3 rings (SSSR count). The number of carbonyl (C=O) groups is 1. The van der Waals surface area contributed by atoms with Gasteiger partial charge >= 0.3 is 0 Å². The van der Waals surface area contributed by atoms with E-state index < -0.39 is 10.0 Å². The van der Waals surface area contributed by atoms with Gasteiger partial charge in [-0.05, 0) is 55.3 Å². The van der Waals surface area contributed by atoms with Crippen LogP contribution in [0.1, 0.15) is 21.5 Å². The topological polar surface area (TPSA) is 93.7 Å². The fourth-order valence-electron chi connectivity index (χ4n) is 2.86. The van der Waals surface area contributed by atoms with Crippen molar-refractivity contribution in [3.8, 4) is 0 Å². The molecule has 1 amide bonds. The van der Waals surface area contributed by atoms with Crippen molar-refractivity contribution < 1.29 is 22.7 Å². The summed E-state index contributed by atoms with van der Waals surface area (Å²) >= 11 is 0. The van der Waals surface area contributed by atoms with E-state index in [2.05, 4.69) is 10.0 Å². The molecular weight excluding hydrogens is 380 g/mol. The molecule has 0 aliphatic carbocycles. The van der Waals surface area contributed by atoms with Crippen LogP contribution in [0.2, 0.25) is 0 Å². The van der Waals surface area contributed by atoms with Gasteiger partial charge in [0.1, 0.15) is 0 Å². The van der Waals surface area contributed by atoms with Gasteiger partial charge in [-0.25, -0.2) is 8.42 Å². The molecule has 0 unspecified atom stereocenters. The predicted octanol–water partition coefficient (Wildman–Crippen LogP) is 2.25. The van der Waals surface area contributed by atoms with Gasteiger partial charge in [0.2, 0.25) is 0 Å². The summed E-state index contributed by atoms with van der Waals surface area (Å²) in [7, 11) is -3.71. The second kappa shape index (κ2) is 8.72. The van der Waals surface area contributed by atoms with E-state index in [9.17, 15) is 13.2 Å². The van der Waals surface area contributed by atoms with Gasteiger partial charge in [-0.2, -0.15) is 0 Å². The van der Waals surface area contributed by atoms with Crippen molar-refractivity contribution in [3.63, 3.8) is 0 Å². The summed E-state index contributed by atoms with van der Waals surface area (Å²) in [6.07, 6.45) is -0.152. The minimum absolute atomic E-state index is 0.152. The number of anilines is 1. The average Bonchev–Trinajstić information content (AvgIpc) is 2.69. The lowest BCUT2D eigenvalue weighted by molar-refractivity contribution is -0.0855. The highest BCUT2D eigenvalue weighted by Gasteiger charge is 2.18. The van der Waals surface area contributed by atoms with Crippen molar-refractivity contribution in [1.29, 1.82) is 0 Å². The molecule has 1 aliphatic heterocycles. The highest BCUT2D eigenvalue weighted by atomic mass is 32.2. The first kappa shape index (κ1) is 20.3. The zero-order valence-corrected chi connectivity index (χ0v) is 16.7. The van der Waals surface area contributed by atoms with Gasteiger partial charge in [-0.3, -0.25) is 9.52 Å². The third kappa shape index (κ3) is 5.09. The van der Waals surface area contributed by atoms with Crippen LogP contribution in [-0.2, 0) is 19.5 Å². The molecule has 1 aliphatic rings. The Kier molecular flexibility index (Phi) is 6.33. The van der Waals surface area contributed by atoms with E-state index in [1.54, 1.807) is 43.3 Å². The van der Waals surface area contributed by atoms with Crippen LogP contribution in [0.25, 0.3) is 0 Å². The summed E-state index contributed by atoms with van der Waals surface area (Å²) in [5, 5.41) is 2.79. The number of sulfonamides is 1. The number of aryl methyl sites for hydroxylation is 2. The van der Waals surface area contributed by atoms with Crippen molar-refractivity contribution >= 4 is 21.6 Å². The first-order chi connectivity index (χ1) is 13.3. The molecule has 1 heterocycles. The third-order valence-corrected chi connectivity index (χ3v) is 5.93. The van der Waals surface area contributed by atoms with Crippen LogP contribution in [0.5, 0.6) is 0 Å². The molecule has 1 atom stereocenters. The third-order valence-electron chi connectivity index (χ3n) is 4.41. The standard InChI is InChI=1S/C20H24N2O5S/c1-14-3-4-15(2)19(11-14)28(24,25)22-17-7-5-16(6-8-17)20(23)21-12-18-13-26-9-10-27-18/h3-8,11,18,22H,9-10,12-13H2,1-2H3,(H,21,23)/t18-/m0/s1. The van der Waals surface area contributed by atoms with Gasteiger partial charge < -0.3 is 14.8 Å². The first-order valence-corrected chi connectivity index (χ1v) is 10.5. The number of hydrogen-bond donors (Lipinski definition) is 2. The van der Waals surface area contributed by atoms with E-state index in [1.807, 2.05) is 13.0 Å². The number of carbonyl (C=O) groups excluding carboxylic acids is 1. The van der Waals surface area contributed by atoms with Gasteiger partial charge in [0.05, 0.1) is 30.8 Å². The van der Waals surface area contributed by atoms with E-state index >= 15 is 0 Å². The molecule has 0 radical (unpaired) electrons. The van der Waals surface area contributed by atoms with Gasteiger partial charge in [0.15, 0.2) is 0 Å². The minimum atomic E-state index is -3.71. The lowest BCUT2D eigenvalue weighted by Crippen LogP contribution is -2.39. The van der Waals surface area contributed by atoms with Gasteiger partial charge in [0.25, 0.3) is 15.9 Å². The SMILES string of the molecule is Cc1ccc(C)c(S(=O)(=O)Nc2ccc(C(=O)NC[C@H]3COCCO3)cc2)c1. The Bertz CT molecular complexity index is 936. The molecule has 2 aromatic rings. The summed E-state index contributed by atoms with van der Waals surface area (Å²) in [4.78, 5) is 12.5. The molecule has 0 aromatic heterocycles. The van der Waals surface area contributed by atoms with Crippen LogP contribution in [0.4, 0.5) is 5.69 Å². The van der Waals surface area contributed by atoms with Crippen LogP contribution in [0.3, 0.4) is 0 Å². The minimum Gasteiger partial charge on any atom is -0.376 e. The van der Waals surface area contributed by atoms with E-state index in [0.717, 1.165) is 5.56 Å². The lowest BCUT2D eigenvalue weighted by atomic mass is 10.2. The molecule has 1 saturated heterocycles. The highest BCUT2D eigenvalue weighted by molar-refractivity contribution is 7.92. The Balaban J connectivity index is 1.63. The van der Waals surface area contributed by atoms with Crippen molar-refractivity contribution in [2.24, 2.45) is 0 Å². The summed E-state index contributed by atoms with van der Waals surface area (Å²) in [6.45, 7) is 5.51. The van der Waals surface area contributed by atoms with Crippen molar-refractivity contribution in [3.05, 3.63) is 59.2 Å². The zero-order valence-electron chi connectivity index (χ0n) is 15.9. The average molecular weight is 404 g/mol. The number of ether oxygens (including phenoxy) is 2. The molecule has 8 heteroatoms. The van der Waals surface area contributed by atoms with Gasteiger partial charge in [-0.1, -0.05) is 12.1 Å². The number of rotatable bonds is 6. The summed E-state index contributed by atoms with van der Waals surface area (Å²) < 4.78 is 38.6. The Morgan fingerprint density at radius 1 is 1.11 bits per heavy atom. The first-order valence-electron chi connectivity index (χ1n) is 9.03. The second-order valence-electron chi connectivity index (χ2n) is 6.73. The second-order valence-corrected chi connectivity index (χ2v) is 8.38. The largest absolute Gasteiger partial charge is 0.376 e. The Labute approximate surface area is 165 Å². The molecule has 0 spiro atoms. The molecule has 0 bridgehead atoms. The van der Waals surface area contributed by atoms with Crippen molar-refractivity contribution in [1.82, 2.24) is 5.32 Å². The molecule has 150 valence electrons. The Morgan fingerprint density at radius 3 is 2.54 bits per heavy atom. The number of nitrogens with one attached hydrogen (secondary N) is 2. The lowest BCUT2D eigenvalue weighted by Gasteiger charge is -2.23. The molecule has 28 heavy (non-hydrogen) atoms. The monoisotopic (exact) mass is 404 g/mol. The maximum Gasteiger partial charge on any atom is 0.262 e. The maximum absolute atomic E-state index is 12.7. The quantitative estimate of drug-likeness (QED) is 0.770. The molecular formula is C20H24N2O5S. The molecule has 2 aromatic carbocycles. The van der Waals surface area contributed by atoms with Crippen LogP contribution in [0.15, 0.2) is 47.4 Å². The molecule has 2 N–H and O–H groups in total. The molecule has 0 saturated carbocycles. The fourth-order valence-corrected chi connectivity index (χ4v) is 4.25. The summed E-state index contributed by atoms with van der Waals surface area (Å²) in [5.74, 6) is -0.252. The Hall–Kier alpha value is -2.42. The number of benzene rings is 2. The van der Waals surface area contributed by atoms with Crippen LogP contribution < -0.4 is 10.0 Å². The predicted molar refractivity (Wildman–Crippen MR) is 106 cm³/mol. The summed E-state index contributed by atoms with van der Waals surface area (Å²) in [5.41, 5.74) is 2.36. The normalized spacial score (nSPS) is 17.1. The molecule has 1 fully saturated rings. The fraction of sp³-hybridized carbons (Fsp3) is 0.350. The van der Waals surface area contributed by atoms with E-state index in [0.29, 0.717) is 43.2 Å². The number of amides is 1.